The summed E-state index contributed by atoms with van der Waals surface area (Å²) >= 11 is 0. The third kappa shape index (κ3) is 7.02. The standard InChI is InChI=1S/C38H24N10O6/c49-37(50)33-35(43-45-41-33)53-29-12-8-23(9-13-29)4-5-25-10-14-31-27(18-25)21-39-47(31)16-17-48-32-15-11-26(19-28(32)22-40-48)7-6-24-2-1-3-30(20-24)54-36-34(38(51)52)42-46-44-36/h1-3,8-15,18-22H,16-17H2,(H,49,50)(H,51,52)(H,41,43,45)(H,42,44,46). The van der Waals surface area contributed by atoms with Crippen LogP contribution in [0.3, 0.4) is 0 Å². The van der Waals surface area contributed by atoms with Gasteiger partial charge in [0.2, 0.25) is 11.4 Å². The minimum atomic E-state index is -1.25. The molecule has 8 aromatic rings. The third-order valence-corrected chi connectivity index (χ3v) is 8.08. The van der Waals surface area contributed by atoms with Crippen LogP contribution in [0.25, 0.3) is 21.8 Å². The predicted molar refractivity (Wildman–Crippen MR) is 191 cm³/mol. The van der Waals surface area contributed by atoms with Gasteiger partial charge in [0.25, 0.3) is 11.8 Å². The zero-order chi connectivity index (χ0) is 37.0. The van der Waals surface area contributed by atoms with Crippen molar-refractivity contribution in [1.82, 2.24) is 50.4 Å². The van der Waals surface area contributed by atoms with Crippen molar-refractivity contribution < 1.29 is 29.3 Å². The average Bonchev–Trinajstić information content (AvgIpc) is 4.00. The number of carboxylic acids is 2. The first-order valence-electron chi connectivity index (χ1n) is 16.2. The van der Waals surface area contributed by atoms with E-state index in [1.54, 1.807) is 42.5 Å². The molecule has 0 aliphatic rings. The number of nitrogens with zero attached hydrogens (tertiary/aromatic N) is 8. The monoisotopic (exact) mass is 716 g/mol. The van der Waals surface area contributed by atoms with Crippen molar-refractivity contribution in [3.63, 3.8) is 0 Å². The lowest BCUT2D eigenvalue weighted by atomic mass is 10.1. The van der Waals surface area contributed by atoms with Crippen LogP contribution in [-0.4, -0.2) is 72.5 Å². The quantitative estimate of drug-likeness (QED) is 0.144. The van der Waals surface area contributed by atoms with Gasteiger partial charge in [-0.2, -0.15) is 10.2 Å². The molecule has 262 valence electrons. The zero-order valence-corrected chi connectivity index (χ0v) is 27.8. The second-order valence-corrected chi connectivity index (χ2v) is 11.6. The zero-order valence-electron chi connectivity index (χ0n) is 27.8. The van der Waals surface area contributed by atoms with Gasteiger partial charge in [-0.25, -0.2) is 19.8 Å². The van der Waals surface area contributed by atoms with Gasteiger partial charge < -0.3 is 19.7 Å². The van der Waals surface area contributed by atoms with Crippen molar-refractivity contribution in [3.8, 4) is 46.9 Å². The van der Waals surface area contributed by atoms with Gasteiger partial charge in [-0.1, -0.05) is 40.2 Å². The van der Waals surface area contributed by atoms with Crippen LogP contribution >= 0.6 is 0 Å². The van der Waals surface area contributed by atoms with Gasteiger partial charge in [-0.05, 0) is 78.9 Å². The van der Waals surface area contributed by atoms with Gasteiger partial charge in [0.05, 0.1) is 36.5 Å². The molecule has 4 aromatic heterocycles. The summed E-state index contributed by atoms with van der Waals surface area (Å²) in [5, 5.41) is 48.3. The molecule has 0 aliphatic carbocycles. The van der Waals surface area contributed by atoms with E-state index in [9.17, 15) is 14.7 Å². The Morgan fingerprint density at radius 2 is 1.07 bits per heavy atom. The molecule has 16 heteroatoms. The number of ether oxygens (including phenoxy) is 2. The first kappa shape index (κ1) is 32.9. The smallest absolute Gasteiger partial charge is 0.362 e. The van der Waals surface area contributed by atoms with Gasteiger partial charge in [-0.15, -0.1) is 10.2 Å². The van der Waals surface area contributed by atoms with Crippen LogP contribution in [0.2, 0.25) is 0 Å². The molecule has 4 aromatic carbocycles. The molecule has 16 nitrogen and oxygen atoms in total. The van der Waals surface area contributed by atoms with Crippen molar-refractivity contribution in [1.29, 1.82) is 0 Å². The number of rotatable bonds is 9. The number of fused-ring (bicyclic) bond motifs is 2. The van der Waals surface area contributed by atoms with Crippen molar-refractivity contribution in [3.05, 3.63) is 131 Å². The van der Waals surface area contributed by atoms with Crippen LogP contribution in [0.5, 0.6) is 23.3 Å². The van der Waals surface area contributed by atoms with Crippen molar-refractivity contribution in [2.75, 3.05) is 0 Å². The van der Waals surface area contributed by atoms with Crippen LogP contribution in [0.4, 0.5) is 0 Å². The number of carbonyl (C=O) groups is 2. The van der Waals surface area contributed by atoms with Crippen molar-refractivity contribution >= 4 is 33.7 Å². The van der Waals surface area contributed by atoms with Gasteiger partial charge in [-0.3, -0.25) is 9.36 Å². The number of aryl methyl sites for hydroxylation is 2. The molecule has 0 radical (unpaired) electrons. The first-order chi connectivity index (χ1) is 26.4. The molecule has 8 rings (SSSR count). The van der Waals surface area contributed by atoms with E-state index in [0.29, 0.717) is 30.2 Å². The topological polar surface area (TPSA) is 212 Å². The highest BCUT2D eigenvalue weighted by Gasteiger charge is 2.18. The molecule has 4 N–H and O–H groups in total. The second kappa shape index (κ2) is 14.2. The summed E-state index contributed by atoms with van der Waals surface area (Å²) in [4.78, 5) is 22.5. The minimum absolute atomic E-state index is 0.0521. The molecule has 0 spiro atoms. The highest BCUT2D eigenvalue weighted by molar-refractivity contribution is 5.88. The van der Waals surface area contributed by atoms with Crippen molar-refractivity contribution in [2.24, 2.45) is 0 Å². The molecule has 0 fully saturated rings. The summed E-state index contributed by atoms with van der Waals surface area (Å²) < 4.78 is 15.0. The lowest BCUT2D eigenvalue weighted by molar-refractivity contribution is 0.0676. The summed E-state index contributed by atoms with van der Waals surface area (Å²) in [7, 11) is 0. The molecule has 0 amide bonds. The Balaban J connectivity index is 0.899. The Hall–Kier alpha value is -8.24. The SMILES string of the molecule is O=C(O)c1nn[nH]c1Oc1ccc(C#Cc2ccc3c(cnn3CCn3ncc4cc(C#Cc5cccc(Oc6[nH]nnc6C(=O)O)c5)ccc43)c2)cc1. The highest BCUT2D eigenvalue weighted by Crippen LogP contribution is 2.24. The van der Waals surface area contributed by atoms with E-state index in [1.165, 1.54) is 0 Å². The van der Waals surface area contributed by atoms with Crippen LogP contribution in [0.1, 0.15) is 43.2 Å². The highest BCUT2D eigenvalue weighted by atomic mass is 16.5. The second-order valence-electron chi connectivity index (χ2n) is 11.6. The molecule has 0 saturated heterocycles. The van der Waals surface area contributed by atoms with E-state index in [4.69, 9.17) is 14.6 Å². The fourth-order valence-electron chi connectivity index (χ4n) is 5.50. The number of benzene rings is 4. The van der Waals surface area contributed by atoms with E-state index in [1.807, 2.05) is 64.2 Å². The number of hydrogen-bond donors (Lipinski definition) is 4. The number of carboxylic acid groups (broad SMARTS) is 2. The number of hydrogen-bond acceptors (Lipinski definition) is 10. The van der Waals surface area contributed by atoms with E-state index >= 15 is 0 Å². The summed E-state index contributed by atoms with van der Waals surface area (Å²) in [5.74, 6) is 10.8. The Bertz CT molecular complexity index is 2830. The Morgan fingerprint density at radius 1 is 0.593 bits per heavy atom. The van der Waals surface area contributed by atoms with Gasteiger partial charge in [0.15, 0.2) is 0 Å². The predicted octanol–water partition coefficient (Wildman–Crippen LogP) is 5.10. The Kier molecular flexibility index (Phi) is 8.65. The molecule has 0 aliphatic heterocycles. The molecular formula is C38H24N10O6. The number of H-pyrrole nitrogens is 2. The fraction of sp³-hybridized carbons (Fsp3) is 0.0526. The van der Waals surface area contributed by atoms with Crippen LogP contribution in [-0.2, 0) is 13.1 Å². The molecule has 0 unspecified atom stereocenters. The van der Waals surface area contributed by atoms with E-state index in [2.05, 4.69) is 64.7 Å². The molecule has 0 atom stereocenters. The van der Waals surface area contributed by atoms with Crippen LogP contribution in [0.15, 0.2) is 97.3 Å². The first-order valence-corrected chi connectivity index (χ1v) is 16.2. The minimum Gasteiger partial charge on any atom is -0.476 e. The van der Waals surface area contributed by atoms with Gasteiger partial charge in [0, 0.05) is 33.0 Å². The van der Waals surface area contributed by atoms with Gasteiger partial charge in [0.1, 0.15) is 11.5 Å². The Morgan fingerprint density at radius 3 is 1.61 bits per heavy atom. The molecule has 54 heavy (non-hydrogen) atoms. The number of aromatic carboxylic acids is 2. The van der Waals surface area contributed by atoms with Gasteiger partial charge >= 0.3 is 11.9 Å². The maximum atomic E-state index is 11.3. The average molecular weight is 717 g/mol. The lowest BCUT2D eigenvalue weighted by Crippen LogP contribution is -2.09. The molecule has 0 saturated carbocycles. The Labute approximate surface area is 304 Å². The van der Waals surface area contributed by atoms with Crippen LogP contribution in [0, 0.1) is 23.7 Å². The van der Waals surface area contributed by atoms with E-state index in [-0.39, 0.29) is 23.1 Å². The normalized spacial score (nSPS) is 10.7. The number of aromatic nitrogens is 10. The summed E-state index contributed by atoms with van der Waals surface area (Å²) in [6, 6.07) is 25.7. The summed E-state index contributed by atoms with van der Waals surface area (Å²) in [6.45, 7) is 1.20. The van der Waals surface area contributed by atoms with E-state index in [0.717, 1.165) is 38.5 Å². The molecule has 0 bridgehead atoms. The largest absolute Gasteiger partial charge is 0.476 e. The number of aromatic amines is 2. The maximum absolute atomic E-state index is 11.3. The summed E-state index contributed by atoms with van der Waals surface area (Å²) in [6.07, 6.45) is 3.63. The molecule has 4 heterocycles. The molecular weight excluding hydrogens is 692 g/mol. The van der Waals surface area contributed by atoms with Crippen molar-refractivity contribution in [2.45, 2.75) is 13.1 Å². The fourth-order valence-corrected chi connectivity index (χ4v) is 5.50. The van der Waals surface area contributed by atoms with Crippen LogP contribution < -0.4 is 9.47 Å². The maximum Gasteiger partial charge on any atom is 0.362 e. The summed E-state index contributed by atoms with van der Waals surface area (Å²) in [5.41, 5.74) is 4.40. The lowest BCUT2D eigenvalue weighted by Gasteiger charge is -2.06. The third-order valence-electron chi connectivity index (χ3n) is 8.08. The number of nitrogens with one attached hydrogen (secondary N) is 2. The van der Waals surface area contributed by atoms with E-state index < -0.39 is 11.9 Å².